The fourth-order valence-electron chi connectivity index (χ4n) is 3.53. The van der Waals surface area contributed by atoms with Gasteiger partial charge in [0.1, 0.15) is 12.1 Å². The van der Waals surface area contributed by atoms with Crippen LogP contribution in [0.3, 0.4) is 0 Å². The van der Waals surface area contributed by atoms with Crippen molar-refractivity contribution in [3.8, 4) is 0 Å². The summed E-state index contributed by atoms with van der Waals surface area (Å²) in [6.07, 6.45) is 2.49. The van der Waals surface area contributed by atoms with Crippen molar-refractivity contribution in [2.24, 2.45) is 5.41 Å². The van der Waals surface area contributed by atoms with E-state index in [1.165, 1.54) is 0 Å². The number of Topliss-reactive ketones (excluding diaryl/α,β-unsaturated/α-hetero) is 1. The van der Waals surface area contributed by atoms with Crippen molar-refractivity contribution < 1.29 is 19.2 Å². The molecule has 144 valence electrons. The molecule has 0 unspecified atom stereocenters. The minimum Gasteiger partial charge on any atom is -0.347 e. The van der Waals surface area contributed by atoms with Gasteiger partial charge in [-0.1, -0.05) is 13.8 Å². The Morgan fingerprint density at radius 2 is 1.73 bits per heavy atom. The molecule has 0 radical (unpaired) electrons. The fraction of sp³-hybridized carbons (Fsp3) is 0.778. The van der Waals surface area contributed by atoms with E-state index in [0.29, 0.717) is 13.0 Å². The molecular weight excluding hydrogens is 336 g/mol. The molecule has 3 N–H and O–H groups in total. The number of nitrogens with zero attached hydrogens (tertiary/aromatic N) is 1. The summed E-state index contributed by atoms with van der Waals surface area (Å²) in [5.74, 6) is -1.79. The topological polar surface area (TPSA) is 118 Å². The summed E-state index contributed by atoms with van der Waals surface area (Å²) in [5.41, 5.74) is -0.639. The highest BCUT2D eigenvalue weighted by molar-refractivity contribution is 6.37. The maximum Gasteiger partial charge on any atom is 0.289 e. The lowest BCUT2D eigenvalue weighted by Gasteiger charge is -2.31. The lowest BCUT2D eigenvalue weighted by Crippen LogP contribution is -2.54. The third kappa shape index (κ3) is 3.75. The summed E-state index contributed by atoms with van der Waals surface area (Å²) >= 11 is 0. The van der Waals surface area contributed by atoms with E-state index >= 15 is 0 Å². The summed E-state index contributed by atoms with van der Waals surface area (Å²) in [6, 6.07) is -0.830. The van der Waals surface area contributed by atoms with E-state index < -0.39 is 23.1 Å². The van der Waals surface area contributed by atoms with Crippen LogP contribution in [-0.2, 0) is 19.2 Å². The van der Waals surface area contributed by atoms with Gasteiger partial charge in [-0.2, -0.15) is 0 Å². The number of hydrogen-bond donors (Lipinski definition) is 3. The predicted molar refractivity (Wildman–Crippen MR) is 94.1 cm³/mol. The Morgan fingerprint density at radius 1 is 1.12 bits per heavy atom. The van der Waals surface area contributed by atoms with E-state index in [4.69, 9.17) is 0 Å². The number of ketones is 1. The largest absolute Gasteiger partial charge is 0.347 e. The molecule has 0 aromatic carbocycles. The molecule has 2 heterocycles. The summed E-state index contributed by atoms with van der Waals surface area (Å²) < 4.78 is 0. The minimum atomic E-state index is -0.663. The molecule has 2 saturated heterocycles. The molecule has 2 atom stereocenters. The first-order chi connectivity index (χ1) is 12.0. The normalized spacial score (nSPS) is 28.4. The standard InChI is InChI=1S/C18H28N4O4/c1-17(2)7-8-22(16(26)12-18(3,4)21-12)13(17)15(25)19-9-11(23)14(24)20-10-5-6-10/h10,12-13,21H,5-9H2,1-4H3,(H,19,25)(H,20,24)/t12-,13-/m1/s1. The fourth-order valence-corrected chi connectivity index (χ4v) is 3.53. The minimum absolute atomic E-state index is 0.0847. The van der Waals surface area contributed by atoms with Crippen LogP contribution in [0.25, 0.3) is 0 Å². The Morgan fingerprint density at radius 3 is 2.27 bits per heavy atom. The van der Waals surface area contributed by atoms with E-state index in [-0.39, 0.29) is 36.0 Å². The Balaban J connectivity index is 1.60. The van der Waals surface area contributed by atoms with Crippen LogP contribution in [0.1, 0.15) is 47.0 Å². The smallest absolute Gasteiger partial charge is 0.289 e. The van der Waals surface area contributed by atoms with Gasteiger partial charge in [-0.3, -0.25) is 24.5 Å². The van der Waals surface area contributed by atoms with Crippen LogP contribution < -0.4 is 16.0 Å². The average molecular weight is 364 g/mol. The summed E-state index contributed by atoms with van der Waals surface area (Å²) in [5, 5.41) is 8.30. The SMILES string of the molecule is CC1(C)CCN(C(=O)[C@H]2NC2(C)C)[C@@H]1C(=O)NCC(=O)C(=O)NC1CC1. The number of carbonyl (C=O) groups excluding carboxylic acids is 4. The van der Waals surface area contributed by atoms with Gasteiger partial charge >= 0.3 is 0 Å². The first kappa shape index (κ1) is 18.8. The molecule has 8 heteroatoms. The number of nitrogens with one attached hydrogen (secondary N) is 3. The molecule has 0 spiro atoms. The quantitative estimate of drug-likeness (QED) is 0.427. The van der Waals surface area contributed by atoms with Gasteiger partial charge in [-0.15, -0.1) is 0 Å². The molecule has 1 saturated carbocycles. The molecule has 3 aliphatic rings. The second-order valence-electron chi connectivity index (χ2n) is 8.86. The Kier molecular flexibility index (Phi) is 4.58. The Hall–Kier alpha value is -1.96. The van der Waals surface area contributed by atoms with Crippen molar-refractivity contribution in [3.63, 3.8) is 0 Å². The molecule has 0 aromatic heterocycles. The number of likely N-dealkylation sites (tertiary alicyclic amines) is 1. The van der Waals surface area contributed by atoms with Crippen LogP contribution in [0.4, 0.5) is 0 Å². The third-order valence-corrected chi connectivity index (χ3v) is 5.57. The highest BCUT2D eigenvalue weighted by Crippen LogP contribution is 2.38. The van der Waals surface area contributed by atoms with Crippen molar-refractivity contribution in [2.75, 3.05) is 13.1 Å². The molecule has 0 aromatic rings. The van der Waals surface area contributed by atoms with Gasteiger partial charge in [0.15, 0.2) is 0 Å². The second kappa shape index (κ2) is 6.33. The Labute approximate surface area is 153 Å². The monoisotopic (exact) mass is 364 g/mol. The molecule has 2 aliphatic heterocycles. The third-order valence-electron chi connectivity index (χ3n) is 5.57. The van der Waals surface area contributed by atoms with Crippen molar-refractivity contribution in [1.82, 2.24) is 20.9 Å². The van der Waals surface area contributed by atoms with E-state index in [9.17, 15) is 19.2 Å². The van der Waals surface area contributed by atoms with Gasteiger partial charge < -0.3 is 15.5 Å². The summed E-state index contributed by atoms with van der Waals surface area (Å²) in [4.78, 5) is 50.7. The highest BCUT2D eigenvalue weighted by atomic mass is 16.2. The number of carbonyl (C=O) groups is 4. The molecule has 3 rings (SSSR count). The van der Waals surface area contributed by atoms with Crippen LogP contribution in [0, 0.1) is 5.41 Å². The molecule has 3 amide bonds. The lowest BCUT2D eigenvalue weighted by atomic mass is 9.84. The zero-order valence-electron chi connectivity index (χ0n) is 15.8. The van der Waals surface area contributed by atoms with Crippen LogP contribution in [-0.4, -0.2) is 65.2 Å². The van der Waals surface area contributed by atoms with Gasteiger partial charge in [0.25, 0.3) is 5.91 Å². The van der Waals surface area contributed by atoms with Crippen molar-refractivity contribution in [2.45, 2.75) is 70.6 Å². The maximum atomic E-state index is 12.8. The molecule has 0 bridgehead atoms. The van der Waals surface area contributed by atoms with Crippen LogP contribution >= 0.6 is 0 Å². The number of rotatable bonds is 6. The van der Waals surface area contributed by atoms with E-state index in [0.717, 1.165) is 12.8 Å². The molecule has 26 heavy (non-hydrogen) atoms. The van der Waals surface area contributed by atoms with Crippen molar-refractivity contribution >= 4 is 23.5 Å². The zero-order chi connectivity index (χ0) is 19.3. The van der Waals surface area contributed by atoms with E-state index in [1.54, 1.807) is 4.90 Å². The maximum absolute atomic E-state index is 12.8. The van der Waals surface area contributed by atoms with Gasteiger partial charge in [0, 0.05) is 18.1 Å². The van der Waals surface area contributed by atoms with Crippen molar-refractivity contribution in [3.05, 3.63) is 0 Å². The van der Waals surface area contributed by atoms with E-state index in [1.807, 2.05) is 27.7 Å². The van der Waals surface area contributed by atoms with Gasteiger partial charge in [0.05, 0.1) is 6.54 Å². The molecule has 1 aliphatic carbocycles. The van der Waals surface area contributed by atoms with Crippen LogP contribution in [0.5, 0.6) is 0 Å². The number of amides is 3. The van der Waals surface area contributed by atoms with Crippen molar-refractivity contribution in [1.29, 1.82) is 0 Å². The molecule has 3 fully saturated rings. The highest BCUT2D eigenvalue weighted by Gasteiger charge is 2.56. The zero-order valence-corrected chi connectivity index (χ0v) is 15.8. The van der Waals surface area contributed by atoms with Gasteiger partial charge in [-0.25, -0.2) is 0 Å². The van der Waals surface area contributed by atoms with Gasteiger partial charge in [-0.05, 0) is 38.5 Å². The van der Waals surface area contributed by atoms with Crippen LogP contribution in [0.15, 0.2) is 0 Å². The Bertz CT molecular complexity index is 654. The lowest BCUT2D eigenvalue weighted by molar-refractivity contribution is -0.142. The molecule has 8 nitrogen and oxygen atoms in total. The summed E-state index contributed by atoms with van der Waals surface area (Å²) in [6.45, 7) is 7.94. The first-order valence-electron chi connectivity index (χ1n) is 9.22. The second-order valence-corrected chi connectivity index (χ2v) is 8.86. The van der Waals surface area contributed by atoms with E-state index in [2.05, 4.69) is 16.0 Å². The summed E-state index contributed by atoms with van der Waals surface area (Å²) in [7, 11) is 0. The predicted octanol–water partition coefficient (Wildman–Crippen LogP) is -0.672. The average Bonchev–Trinajstić information content (AvgIpc) is 3.44. The number of hydrogen-bond acceptors (Lipinski definition) is 5. The van der Waals surface area contributed by atoms with Gasteiger partial charge in [0.2, 0.25) is 17.6 Å². The van der Waals surface area contributed by atoms with Crippen LogP contribution in [0.2, 0.25) is 0 Å². The first-order valence-corrected chi connectivity index (χ1v) is 9.22. The molecular formula is C18H28N4O4.